The van der Waals surface area contributed by atoms with Crippen LogP contribution in [0.2, 0.25) is 0 Å². The zero-order valence-electron chi connectivity index (χ0n) is 10.5. The zero-order chi connectivity index (χ0) is 12.4. The van der Waals surface area contributed by atoms with Gasteiger partial charge in [-0.1, -0.05) is 25.1 Å². The minimum absolute atomic E-state index is 0.160. The van der Waals surface area contributed by atoms with E-state index in [1.54, 1.807) is 0 Å². The molecule has 1 aromatic rings. The number of nitrogens with zero attached hydrogens (tertiary/aromatic N) is 2. The maximum Gasteiger partial charge on any atom is 0.237 e. The molecular formula is C13H18N2OS. The molecule has 4 heteroatoms. The highest BCUT2D eigenvalue weighted by Gasteiger charge is 2.28. The molecule has 1 aliphatic heterocycles. The fraction of sp³-hybridized carbons (Fsp3) is 0.462. The number of amides is 1. The van der Waals surface area contributed by atoms with Crippen molar-refractivity contribution in [2.75, 3.05) is 4.31 Å². The molecule has 1 amide bonds. The second-order valence-electron chi connectivity index (χ2n) is 4.42. The van der Waals surface area contributed by atoms with Gasteiger partial charge in [0.2, 0.25) is 5.91 Å². The lowest BCUT2D eigenvalue weighted by molar-refractivity contribution is -0.117. The Morgan fingerprint density at radius 1 is 1.41 bits per heavy atom. The number of anilines is 1. The molecule has 17 heavy (non-hydrogen) atoms. The van der Waals surface area contributed by atoms with Gasteiger partial charge in [0.1, 0.15) is 0 Å². The number of fused-ring (bicyclic) bond motifs is 1. The molecule has 0 N–H and O–H groups in total. The number of carbonyl (C=O) groups excluding carboxylic acids is 1. The van der Waals surface area contributed by atoms with E-state index >= 15 is 0 Å². The van der Waals surface area contributed by atoms with Crippen molar-refractivity contribution >= 4 is 23.7 Å². The molecule has 0 saturated heterocycles. The number of para-hydroxylation sites is 1. The van der Waals surface area contributed by atoms with Gasteiger partial charge >= 0.3 is 0 Å². The number of carbonyl (C=O) groups is 1. The molecule has 3 nitrogen and oxygen atoms in total. The van der Waals surface area contributed by atoms with Crippen LogP contribution in [-0.2, 0) is 11.3 Å². The number of rotatable bonds is 2. The Morgan fingerprint density at radius 2 is 2.12 bits per heavy atom. The minimum atomic E-state index is 0.160. The molecule has 1 heterocycles. The molecule has 0 atom stereocenters. The van der Waals surface area contributed by atoms with Crippen molar-refractivity contribution in [2.24, 2.45) is 0 Å². The SMILES string of the molecule is CCC(=O)N1SN(C(C)C)Cc2ccccc21. The molecule has 2 rings (SSSR count). The van der Waals surface area contributed by atoms with Crippen molar-refractivity contribution < 1.29 is 4.79 Å². The van der Waals surface area contributed by atoms with Gasteiger partial charge in [0.15, 0.2) is 0 Å². The molecule has 1 aliphatic rings. The lowest BCUT2D eigenvalue weighted by Crippen LogP contribution is -2.37. The van der Waals surface area contributed by atoms with Crippen molar-refractivity contribution in [3.63, 3.8) is 0 Å². The largest absolute Gasteiger partial charge is 0.274 e. The van der Waals surface area contributed by atoms with Crippen LogP contribution in [0.15, 0.2) is 24.3 Å². The molecule has 0 aliphatic carbocycles. The van der Waals surface area contributed by atoms with Gasteiger partial charge in [0.25, 0.3) is 0 Å². The summed E-state index contributed by atoms with van der Waals surface area (Å²) in [6.45, 7) is 7.09. The van der Waals surface area contributed by atoms with Crippen LogP contribution in [0, 0.1) is 0 Å². The van der Waals surface area contributed by atoms with Crippen LogP contribution in [0.4, 0.5) is 5.69 Å². The van der Waals surface area contributed by atoms with E-state index in [1.807, 2.05) is 29.4 Å². The molecular weight excluding hydrogens is 232 g/mol. The number of hydrogen-bond donors (Lipinski definition) is 0. The predicted molar refractivity (Wildman–Crippen MR) is 72.5 cm³/mol. The standard InChI is InChI=1S/C13H18N2OS/c1-4-13(16)15-12-8-6-5-7-11(12)9-14(17-15)10(2)3/h5-8,10H,4,9H2,1-3H3. The molecule has 0 radical (unpaired) electrons. The van der Waals surface area contributed by atoms with Crippen LogP contribution in [0.25, 0.3) is 0 Å². The van der Waals surface area contributed by atoms with Gasteiger partial charge in [-0.15, -0.1) is 0 Å². The van der Waals surface area contributed by atoms with E-state index in [-0.39, 0.29) is 5.91 Å². The van der Waals surface area contributed by atoms with Gasteiger partial charge in [-0.3, -0.25) is 4.79 Å². The maximum absolute atomic E-state index is 12.0. The van der Waals surface area contributed by atoms with E-state index in [0.717, 1.165) is 12.2 Å². The molecule has 0 bridgehead atoms. The van der Waals surface area contributed by atoms with Crippen molar-refractivity contribution in [2.45, 2.75) is 39.8 Å². The lowest BCUT2D eigenvalue weighted by Gasteiger charge is -2.37. The first-order valence-electron chi connectivity index (χ1n) is 5.99. The quantitative estimate of drug-likeness (QED) is 0.753. The first kappa shape index (κ1) is 12.5. The highest BCUT2D eigenvalue weighted by Crippen LogP contribution is 2.37. The number of hydrogen-bond acceptors (Lipinski definition) is 3. The minimum Gasteiger partial charge on any atom is -0.274 e. The summed E-state index contributed by atoms with van der Waals surface area (Å²) >= 11 is 1.53. The molecule has 0 saturated carbocycles. The first-order chi connectivity index (χ1) is 8.13. The van der Waals surface area contributed by atoms with Crippen LogP contribution in [-0.4, -0.2) is 16.3 Å². The van der Waals surface area contributed by atoms with Crippen molar-refractivity contribution in [1.82, 2.24) is 4.31 Å². The smallest absolute Gasteiger partial charge is 0.237 e. The van der Waals surface area contributed by atoms with E-state index in [4.69, 9.17) is 0 Å². The van der Waals surface area contributed by atoms with Crippen molar-refractivity contribution in [1.29, 1.82) is 0 Å². The molecule has 92 valence electrons. The Labute approximate surface area is 107 Å². The van der Waals surface area contributed by atoms with Crippen LogP contribution >= 0.6 is 12.1 Å². The first-order valence-corrected chi connectivity index (χ1v) is 6.72. The summed E-state index contributed by atoms with van der Waals surface area (Å²) in [6.07, 6.45) is 0.535. The van der Waals surface area contributed by atoms with E-state index in [2.05, 4.69) is 24.2 Å². The zero-order valence-corrected chi connectivity index (χ0v) is 11.3. The fourth-order valence-electron chi connectivity index (χ4n) is 1.79. The van der Waals surface area contributed by atoms with Crippen molar-refractivity contribution in [3.05, 3.63) is 29.8 Å². The Balaban J connectivity index is 2.35. The molecule has 0 fully saturated rings. The lowest BCUT2D eigenvalue weighted by atomic mass is 10.1. The summed E-state index contributed by atoms with van der Waals surface area (Å²) in [5, 5.41) is 0. The highest BCUT2D eigenvalue weighted by atomic mass is 32.2. The molecule has 0 aromatic heterocycles. The summed E-state index contributed by atoms with van der Waals surface area (Å²) in [7, 11) is 0. The van der Waals surface area contributed by atoms with Crippen LogP contribution in [0.1, 0.15) is 32.8 Å². The second-order valence-corrected chi connectivity index (χ2v) is 5.42. The summed E-state index contributed by atoms with van der Waals surface area (Å²) in [4.78, 5) is 12.0. The topological polar surface area (TPSA) is 23.6 Å². The summed E-state index contributed by atoms with van der Waals surface area (Å²) in [5.74, 6) is 0.160. The Morgan fingerprint density at radius 3 is 2.76 bits per heavy atom. The third-order valence-electron chi connectivity index (χ3n) is 2.83. The number of benzene rings is 1. The van der Waals surface area contributed by atoms with Gasteiger partial charge in [0.05, 0.1) is 5.69 Å². The third kappa shape index (κ3) is 2.48. The molecule has 0 unspecified atom stereocenters. The van der Waals surface area contributed by atoms with Gasteiger partial charge in [-0.05, 0) is 25.5 Å². The van der Waals surface area contributed by atoms with E-state index in [0.29, 0.717) is 12.5 Å². The molecule has 0 spiro atoms. The Bertz CT molecular complexity index is 420. The summed E-state index contributed by atoms with van der Waals surface area (Å²) < 4.78 is 4.05. The fourth-order valence-corrected chi connectivity index (χ4v) is 2.87. The monoisotopic (exact) mass is 250 g/mol. The van der Waals surface area contributed by atoms with E-state index in [1.165, 1.54) is 17.7 Å². The Kier molecular flexibility index (Phi) is 3.74. The Hall–Kier alpha value is -1.00. The van der Waals surface area contributed by atoms with Gasteiger partial charge in [-0.25, -0.2) is 8.61 Å². The van der Waals surface area contributed by atoms with Gasteiger partial charge in [-0.2, -0.15) is 0 Å². The van der Waals surface area contributed by atoms with E-state index in [9.17, 15) is 4.79 Å². The van der Waals surface area contributed by atoms with E-state index < -0.39 is 0 Å². The normalized spacial score (nSPS) is 16.1. The van der Waals surface area contributed by atoms with Crippen LogP contribution in [0.5, 0.6) is 0 Å². The predicted octanol–water partition coefficient (Wildman–Crippen LogP) is 3.22. The van der Waals surface area contributed by atoms with Crippen LogP contribution < -0.4 is 4.31 Å². The van der Waals surface area contributed by atoms with Gasteiger partial charge < -0.3 is 0 Å². The van der Waals surface area contributed by atoms with Gasteiger partial charge in [0, 0.05) is 31.1 Å². The summed E-state index contributed by atoms with van der Waals surface area (Å²) in [5.41, 5.74) is 2.27. The molecule has 1 aromatic carbocycles. The highest BCUT2D eigenvalue weighted by molar-refractivity contribution is 7.99. The van der Waals surface area contributed by atoms with Crippen molar-refractivity contribution in [3.8, 4) is 0 Å². The summed E-state index contributed by atoms with van der Waals surface area (Å²) in [6, 6.07) is 8.55. The maximum atomic E-state index is 12.0. The third-order valence-corrected chi connectivity index (χ3v) is 4.15. The van der Waals surface area contributed by atoms with Crippen LogP contribution in [0.3, 0.4) is 0 Å². The average molecular weight is 250 g/mol. The average Bonchev–Trinajstić information content (AvgIpc) is 2.36. The second kappa shape index (κ2) is 5.10.